The molecule has 6 nitrogen and oxygen atoms in total. The average Bonchev–Trinajstić information content (AvgIpc) is 3.34. The number of rotatable bonds is 9. The Bertz CT molecular complexity index is 1140. The summed E-state index contributed by atoms with van der Waals surface area (Å²) in [6.07, 6.45) is 2.34. The van der Waals surface area contributed by atoms with Gasteiger partial charge in [0, 0.05) is 10.4 Å². The number of hydrogen-bond acceptors (Lipinski definition) is 5. The van der Waals surface area contributed by atoms with Crippen LogP contribution in [0.1, 0.15) is 45.7 Å². The molecule has 172 valence electrons. The fraction of sp³-hybridized carbons (Fsp3) is 0.231. The smallest absolute Gasteiger partial charge is 0.268 e. The number of ether oxygens (including phenoxy) is 2. The van der Waals surface area contributed by atoms with Crippen molar-refractivity contribution in [2.75, 3.05) is 14.2 Å². The molecule has 2 aromatic carbocycles. The largest absolute Gasteiger partial charge is 0.493 e. The third-order valence-electron chi connectivity index (χ3n) is 5.13. The van der Waals surface area contributed by atoms with Crippen LogP contribution in [-0.4, -0.2) is 26.0 Å². The van der Waals surface area contributed by atoms with Crippen molar-refractivity contribution >= 4 is 29.2 Å². The van der Waals surface area contributed by atoms with Crippen LogP contribution >= 0.6 is 11.3 Å². The Morgan fingerprint density at radius 3 is 2.45 bits per heavy atom. The van der Waals surface area contributed by atoms with Gasteiger partial charge in [0.25, 0.3) is 11.8 Å². The van der Waals surface area contributed by atoms with Crippen LogP contribution in [0, 0.1) is 6.92 Å². The first-order valence-electron chi connectivity index (χ1n) is 10.6. The van der Waals surface area contributed by atoms with Crippen molar-refractivity contribution in [3.8, 4) is 11.5 Å². The highest BCUT2D eigenvalue weighted by molar-refractivity contribution is 7.10. The summed E-state index contributed by atoms with van der Waals surface area (Å²) in [6, 6.07) is 16.3. The minimum atomic E-state index is -0.369. The maximum absolute atomic E-state index is 13.3. The monoisotopic (exact) mass is 464 g/mol. The molecule has 1 aromatic heterocycles. The molecule has 0 saturated heterocycles. The van der Waals surface area contributed by atoms with Gasteiger partial charge in [0.1, 0.15) is 5.70 Å². The minimum Gasteiger partial charge on any atom is -0.493 e. The van der Waals surface area contributed by atoms with E-state index in [4.69, 9.17) is 9.47 Å². The summed E-state index contributed by atoms with van der Waals surface area (Å²) >= 11 is 1.49. The normalized spacial score (nSPS) is 12.1. The van der Waals surface area contributed by atoms with Gasteiger partial charge in [-0.15, -0.1) is 11.3 Å². The molecule has 33 heavy (non-hydrogen) atoms. The van der Waals surface area contributed by atoms with Gasteiger partial charge in [-0.05, 0) is 60.7 Å². The number of carbonyl (C=O) groups is 2. The molecule has 2 amide bonds. The summed E-state index contributed by atoms with van der Waals surface area (Å²) in [5.41, 5.74) is 2.52. The quantitative estimate of drug-likeness (QED) is 0.432. The molecule has 0 aliphatic carbocycles. The van der Waals surface area contributed by atoms with E-state index in [1.54, 1.807) is 32.4 Å². The summed E-state index contributed by atoms with van der Waals surface area (Å²) in [7, 11) is 3.15. The number of methoxy groups -OCH3 is 2. The van der Waals surface area contributed by atoms with E-state index in [2.05, 4.69) is 10.6 Å². The highest BCUT2D eigenvalue weighted by Gasteiger charge is 2.20. The zero-order valence-electron chi connectivity index (χ0n) is 19.2. The molecule has 0 aliphatic heterocycles. The van der Waals surface area contributed by atoms with Crippen LogP contribution < -0.4 is 20.1 Å². The number of aryl methyl sites for hydroxylation is 1. The fourth-order valence-electron chi connectivity index (χ4n) is 3.38. The van der Waals surface area contributed by atoms with E-state index in [-0.39, 0.29) is 23.6 Å². The number of carbonyl (C=O) groups excluding carboxylic acids is 2. The summed E-state index contributed by atoms with van der Waals surface area (Å²) in [5, 5.41) is 7.75. The molecular weight excluding hydrogens is 436 g/mol. The summed E-state index contributed by atoms with van der Waals surface area (Å²) < 4.78 is 10.7. The zero-order valence-corrected chi connectivity index (χ0v) is 20.0. The Morgan fingerprint density at radius 1 is 1.03 bits per heavy atom. The highest BCUT2D eigenvalue weighted by Crippen LogP contribution is 2.31. The van der Waals surface area contributed by atoms with Gasteiger partial charge in [-0.25, -0.2) is 0 Å². The molecule has 0 bridgehead atoms. The van der Waals surface area contributed by atoms with Crippen LogP contribution in [0.25, 0.3) is 6.08 Å². The Balaban J connectivity index is 1.85. The number of hydrogen-bond donors (Lipinski definition) is 2. The lowest BCUT2D eigenvalue weighted by Crippen LogP contribution is -2.36. The van der Waals surface area contributed by atoms with Crippen molar-refractivity contribution in [3.05, 3.63) is 87.2 Å². The molecule has 7 heteroatoms. The minimum absolute atomic E-state index is 0.183. The molecule has 0 saturated carbocycles. The first kappa shape index (κ1) is 24.1. The first-order chi connectivity index (χ1) is 15.9. The second-order valence-corrected chi connectivity index (χ2v) is 8.43. The Kier molecular flexibility index (Phi) is 8.27. The topological polar surface area (TPSA) is 76.7 Å². The molecule has 0 fully saturated rings. The molecule has 3 rings (SSSR count). The van der Waals surface area contributed by atoms with E-state index in [1.165, 1.54) is 11.3 Å². The van der Waals surface area contributed by atoms with E-state index >= 15 is 0 Å². The molecule has 0 unspecified atom stereocenters. The van der Waals surface area contributed by atoms with Gasteiger partial charge in [-0.3, -0.25) is 9.59 Å². The van der Waals surface area contributed by atoms with Gasteiger partial charge in [0.2, 0.25) is 0 Å². The van der Waals surface area contributed by atoms with Crippen LogP contribution in [0.4, 0.5) is 0 Å². The Morgan fingerprint density at radius 2 is 1.82 bits per heavy atom. The maximum Gasteiger partial charge on any atom is 0.268 e. The molecule has 0 radical (unpaired) electrons. The van der Waals surface area contributed by atoms with Crippen LogP contribution in [0.3, 0.4) is 0 Å². The van der Waals surface area contributed by atoms with Crippen LogP contribution in [0.5, 0.6) is 11.5 Å². The lowest BCUT2D eigenvalue weighted by molar-refractivity contribution is -0.118. The van der Waals surface area contributed by atoms with Crippen molar-refractivity contribution in [2.45, 2.75) is 26.3 Å². The average molecular weight is 465 g/mol. The van der Waals surface area contributed by atoms with Crippen molar-refractivity contribution in [2.24, 2.45) is 0 Å². The number of benzene rings is 2. The number of thiophene rings is 1. The molecule has 3 aromatic rings. The first-order valence-corrected chi connectivity index (χ1v) is 11.5. The summed E-state index contributed by atoms with van der Waals surface area (Å²) in [5.74, 6) is 0.498. The third-order valence-corrected chi connectivity index (χ3v) is 5.95. The molecule has 2 N–H and O–H groups in total. The molecule has 0 spiro atoms. The van der Waals surface area contributed by atoms with Gasteiger partial charge in [0.15, 0.2) is 11.5 Å². The number of nitrogens with one attached hydrogen (secondary N) is 2. The van der Waals surface area contributed by atoms with Gasteiger partial charge < -0.3 is 20.1 Å². The van der Waals surface area contributed by atoms with E-state index in [1.807, 2.05) is 61.7 Å². The summed E-state index contributed by atoms with van der Waals surface area (Å²) in [6.45, 7) is 3.90. The van der Waals surface area contributed by atoms with Gasteiger partial charge in [0.05, 0.1) is 20.3 Å². The molecular formula is C26H28N2O4S. The maximum atomic E-state index is 13.3. The molecule has 1 atom stereocenters. The SMILES string of the molecule is CC[C@@H](NC(=O)/C(=C/c1cccs1)NC(=O)c1cccc(C)c1)c1ccc(OC)c(OC)c1. The second-order valence-electron chi connectivity index (χ2n) is 7.45. The van der Waals surface area contributed by atoms with E-state index < -0.39 is 0 Å². The van der Waals surface area contributed by atoms with E-state index in [0.717, 1.165) is 16.0 Å². The van der Waals surface area contributed by atoms with E-state index in [0.29, 0.717) is 23.5 Å². The van der Waals surface area contributed by atoms with E-state index in [9.17, 15) is 9.59 Å². The second kappa shape index (κ2) is 11.3. The van der Waals surface area contributed by atoms with Crippen molar-refractivity contribution in [1.82, 2.24) is 10.6 Å². The van der Waals surface area contributed by atoms with Gasteiger partial charge in [-0.1, -0.05) is 36.8 Å². The summed E-state index contributed by atoms with van der Waals surface area (Å²) in [4.78, 5) is 27.0. The zero-order chi connectivity index (χ0) is 23.8. The standard InChI is InChI=1S/C26H28N2O4S/c1-5-21(18-11-12-23(31-3)24(15-18)32-4)27-26(30)22(16-20-10-7-13-33-20)28-25(29)19-9-6-8-17(2)14-19/h6-16,21H,5H2,1-4H3,(H,27,30)(H,28,29)/b22-16-/t21-/m1/s1. The lowest BCUT2D eigenvalue weighted by Gasteiger charge is -2.20. The van der Waals surface area contributed by atoms with Gasteiger partial charge >= 0.3 is 0 Å². The number of amides is 2. The fourth-order valence-corrected chi connectivity index (χ4v) is 4.04. The predicted molar refractivity (Wildman–Crippen MR) is 132 cm³/mol. The van der Waals surface area contributed by atoms with Crippen LogP contribution in [-0.2, 0) is 4.79 Å². The predicted octanol–water partition coefficient (Wildman–Crippen LogP) is 5.11. The van der Waals surface area contributed by atoms with Crippen molar-refractivity contribution in [1.29, 1.82) is 0 Å². The Labute approximate surface area is 198 Å². The van der Waals surface area contributed by atoms with Crippen molar-refractivity contribution in [3.63, 3.8) is 0 Å². The van der Waals surface area contributed by atoms with Gasteiger partial charge in [-0.2, -0.15) is 0 Å². The molecule has 0 aliphatic rings. The van der Waals surface area contributed by atoms with Crippen LogP contribution in [0.15, 0.2) is 65.7 Å². The lowest BCUT2D eigenvalue weighted by atomic mass is 10.0. The Hall–Kier alpha value is -3.58. The van der Waals surface area contributed by atoms with Crippen molar-refractivity contribution < 1.29 is 19.1 Å². The molecule has 1 heterocycles. The highest BCUT2D eigenvalue weighted by atomic mass is 32.1. The third kappa shape index (κ3) is 6.23. The van der Waals surface area contributed by atoms with Crippen LogP contribution in [0.2, 0.25) is 0 Å².